The van der Waals surface area contributed by atoms with Crippen LogP contribution in [0.1, 0.15) is 40.0 Å². The Morgan fingerprint density at radius 1 is 1.27 bits per heavy atom. The largest absolute Gasteiger partial charge is 0.295 e. The molecule has 64 valence electrons. The van der Waals surface area contributed by atoms with Crippen LogP contribution in [-0.2, 0) is 0 Å². The molecule has 0 aromatic carbocycles. The van der Waals surface area contributed by atoms with Gasteiger partial charge in [-0.2, -0.15) is 0 Å². The van der Waals surface area contributed by atoms with Crippen molar-refractivity contribution in [2.24, 2.45) is 5.92 Å². The first-order valence-electron chi connectivity index (χ1n) is 4.97. The summed E-state index contributed by atoms with van der Waals surface area (Å²) in [7, 11) is 0. The Kier molecular flexibility index (Phi) is 1.71. The molecule has 0 radical (unpaired) electrons. The predicted octanol–water partition coefficient (Wildman–Crippen LogP) is 2.27. The standard InChI is InChI=1S/C10H19N/c1-7(2)11-8(3)4-5-9-6-10(9)11/h7-10H,4-6H2,1-3H3. The molecule has 2 rings (SSSR count). The van der Waals surface area contributed by atoms with Gasteiger partial charge < -0.3 is 0 Å². The number of fused-ring (bicyclic) bond motifs is 1. The first-order chi connectivity index (χ1) is 5.20. The smallest absolute Gasteiger partial charge is 0.0133 e. The summed E-state index contributed by atoms with van der Waals surface area (Å²) < 4.78 is 0. The molecule has 0 aromatic rings. The van der Waals surface area contributed by atoms with Crippen molar-refractivity contribution in [3.63, 3.8) is 0 Å². The van der Waals surface area contributed by atoms with E-state index in [-0.39, 0.29) is 0 Å². The number of piperidine rings is 1. The van der Waals surface area contributed by atoms with Crippen LogP contribution in [0.25, 0.3) is 0 Å². The summed E-state index contributed by atoms with van der Waals surface area (Å²) in [6, 6.07) is 2.58. The fourth-order valence-corrected chi connectivity index (χ4v) is 2.73. The molecule has 1 aliphatic carbocycles. The Morgan fingerprint density at radius 2 is 2.00 bits per heavy atom. The van der Waals surface area contributed by atoms with Crippen LogP contribution in [0.15, 0.2) is 0 Å². The lowest BCUT2D eigenvalue weighted by Gasteiger charge is -2.36. The molecule has 1 saturated heterocycles. The zero-order valence-corrected chi connectivity index (χ0v) is 7.88. The maximum atomic E-state index is 2.72. The summed E-state index contributed by atoms with van der Waals surface area (Å²) in [6.07, 6.45) is 4.41. The van der Waals surface area contributed by atoms with E-state index in [9.17, 15) is 0 Å². The normalized spacial score (nSPS) is 44.2. The van der Waals surface area contributed by atoms with Crippen molar-refractivity contribution in [3.8, 4) is 0 Å². The van der Waals surface area contributed by atoms with Crippen LogP contribution < -0.4 is 0 Å². The third kappa shape index (κ3) is 1.20. The van der Waals surface area contributed by atoms with E-state index in [1.807, 2.05) is 0 Å². The van der Waals surface area contributed by atoms with Crippen molar-refractivity contribution < 1.29 is 0 Å². The molecule has 2 fully saturated rings. The van der Waals surface area contributed by atoms with Gasteiger partial charge in [-0.25, -0.2) is 0 Å². The average molecular weight is 153 g/mol. The molecule has 0 bridgehead atoms. The molecule has 1 saturated carbocycles. The molecule has 3 unspecified atom stereocenters. The molecule has 0 aromatic heterocycles. The van der Waals surface area contributed by atoms with E-state index >= 15 is 0 Å². The quantitative estimate of drug-likeness (QED) is 0.558. The Balaban J connectivity index is 2.04. The van der Waals surface area contributed by atoms with E-state index in [4.69, 9.17) is 0 Å². The van der Waals surface area contributed by atoms with E-state index < -0.39 is 0 Å². The third-order valence-electron chi connectivity index (χ3n) is 3.33. The van der Waals surface area contributed by atoms with E-state index in [2.05, 4.69) is 25.7 Å². The Hall–Kier alpha value is -0.0400. The topological polar surface area (TPSA) is 3.24 Å². The van der Waals surface area contributed by atoms with Gasteiger partial charge in [0.2, 0.25) is 0 Å². The fourth-order valence-electron chi connectivity index (χ4n) is 2.73. The second kappa shape index (κ2) is 2.48. The number of hydrogen-bond donors (Lipinski definition) is 0. The highest BCUT2D eigenvalue weighted by Crippen LogP contribution is 2.46. The maximum absolute atomic E-state index is 2.72. The molecule has 1 heteroatoms. The first-order valence-corrected chi connectivity index (χ1v) is 4.97. The SMILES string of the molecule is CC(C)N1C(C)CCC2CC21. The van der Waals surface area contributed by atoms with E-state index in [1.54, 1.807) is 0 Å². The molecule has 1 aliphatic heterocycles. The molecular formula is C10H19N. The molecule has 2 aliphatic rings. The zero-order chi connectivity index (χ0) is 8.01. The van der Waals surface area contributed by atoms with Gasteiger partial charge in [0.1, 0.15) is 0 Å². The zero-order valence-electron chi connectivity index (χ0n) is 7.88. The van der Waals surface area contributed by atoms with Crippen molar-refractivity contribution in [2.45, 2.75) is 58.2 Å². The Labute approximate surface area is 69.8 Å². The molecule has 0 amide bonds. The molecule has 0 spiro atoms. The van der Waals surface area contributed by atoms with Crippen molar-refractivity contribution in [1.29, 1.82) is 0 Å². The van der Waals surface area contributed by atoms with Gasteiger partial charge in [-0.1, -0.05) is 0 Å². The number of hydrogen-bond acceptors (Lipinski definition) is 1. The van der Waals surface area contributed by atoms with Crippen LogP contribution in [0.3, 0.4) is 0 Å². The summed E-state index contributed by atoms with van der Waals surface area (Å²) in [5.74, 6) is 1.08. The second-order valence-corrected chi connectivity index (χ2v) is 4.53. The van der Waals surface area contributed by atoms with Gasteiger partial charge in [0.05, 0.1) is 0 Å². The fraction of sp³-hybridized carbons (Fsp3) is 1.00. The van der Waals surface area contributed by atoms with Crippen LogP contribution in [0.4, 0.5) is 0 Å². The van der Waals surface area contributed by atoms with Gasteiger partial charge in [-0.15, -0.1) is 0 Å². The van der Waals surface area contributed by atoms with Crippen molar-refractivity contribution in [1.82, 2.24) is 4.90 Å². The lowest BCUT2D eigenvalue weighted by molar-refractivity contribution is 0.112. The summed E-state index contributed by atoms with van der Waals surface area (Å²) >= 11 is 0. The lowest BCUT2D eigenvalue weighted by Crippen LogP contribution is -2.43. The minimum absolute atomic E-state index is 0.764. The van der Waals surface area contributed by atoms with Crippen LogP contribution in [0.2, 0.25) is 0 Å². The predicted molar refractivity (Wildman–Crippen MR) is 47.6 cm³/mol. The monoisotopic (exact) mass is 153 g/mol. The average Bonchev–Trinajstić information content (AvgIpc) is 2.64. The van der Waals surface area contributed by atoms with Gasteiger partial charge in [-0.05, 0) is 46.0 Å². The molecular weight excluding hydrogens is 134 g/mol. The van der Waals surface area contributed by atoms with Crippen molar-refractivity contribution in [3.05, 3.63) is 0 Å². The van der Waals surface area contributed by atoms with Crippen LogP contribution in [-0.4, -0.2) is 23.0 Å². The minimum Gasteiger partial charge on any atom is -0.295 e. The summed E-state index contributed by atoms with van der Waals surface area (Å²) in [5, 5.41) is 0. The van der Waals surface area contributed by atoms with Crippen LogP contribution in [0.5, 0.6) is 0 Å². The molecule has 3 atom stereocenters. The Morgan fingerprint density at radius 3 is 2.55 bits per heavy atom. The third-order valence-corrected chi connectivity index (χ3v) is 3.33. The lowest BCUT2D eigenvalue weighted by atomic mass is 10.0. The molecule has 1 nitrogen and oxygen atoms in total. The van der Waals surface area contributed by atoms with Gasteiger partial charge in [-0.3, -0.25) is 4.90 Å². The van der Waals surface area contributed by atoms with Crippen LogP contribution >= 0.6 is 0 Å². The molecule has 0 N–H and O–H groups in total. The highest BCUT2D eigenvalue weighted by Gasteiger charge is 2.47. The van der Waals surface area contributed by atoms with E-state index in [0.29, 0.717) is 0 Å². The van der Waals surface area contributed by atoms with E-state index in [0.717, 1.165) is 24.0 Å². The maximum Gasteiger partial charge on any atom is 0.0133 e. The highest BCUT2D eigenvalue weighted by molar-refractivity contribution is 5.01. The summed E-state index contributed by atoms with van der Waals surface area (Å²) in [4.78, 5) is 2.72. The Bertz CT molecular complexity index is 151. The number of likely N-dealkylation sites (tertiary alicyclic amines) is 1. The second-order valence-electron chi connectivity index (χ2n) is 4.53. The van der Waals surface area contributed by atoms with Gasteiger partial charge in [0.25, 0.3) is 0 Å². The molecule has 11 heavy (non-hydrogen) atoms. The van der Waals surface area contributed by atoms with Gasteiger partial charge in [0, 0.05) is 18.1 Å². The van der Waals surface area contributed by atoms with Gasteiger partial charge >= 0.3 is 0 Å². The van der Waals surface area contributed by atoms with Gasteiger partial charge in [0.15, 0.2) is 0 Å². The van der Waals surface area contributed by atoms with Crippen molar-refractivity contribution >= 4 is 0 Å². The highest BCUT2D eigenvalue weighted by atomic mass is 15.2. The number of rotatable bonds is 1. The summed E-state index contributed by atoms with van der Waals surface area (Å²) in [5.41, 5.74) is 0. The van der Waals surface area contributed by atoms with Crippen molar-refractivity contribution in [2.75, 3.05) is 0 Å². The van der Waals surface area contributed by atoms with E-state index in [1.165, 1.54) is 19.3 Å². The minimum atomic E-state index is 0.764. The van der Waals surface area contributed by atoms with Crippen LogP contribution in [0, 0.1) is 5.92 Å². The number of nitrogens with zero attached hydrogens (tertiary/aromatic N) is 1. The first kappa shape index (κ1) is 7.60. The molecule has 1 heterocycles. The summed E-state index contributed by atoms with van der Waals surface area (Å²) in [6.45, 7) is 7.04.